The summed E-state index contributed by atoms with van der Waals surface area (Å²) in [6.45, 7) is 0. The molecule has 0 bridgehead atoms. The molecule has 0 spiro atoms. The van der Waals surface area contributed by atoms with Crippen LogP contribution in [0.4, 0.5) is 0 Å². The Labute approximate surface area is 81.7 Å². The van der Waals surface area contributed by atoms with E-state index in [1.807, 2.05) is 12.1 Å². The molecule has 0 aromatic heterocycles. The third-order valence-electron chi connectivity index (χ3n) is 1.65. The standard InChI is InChI=1S/C11H5N3/c12-6-5-11(8-14)10-3-1-9(7-13)2-4-10/h1-5H/b11-5+. The number of benzene rings is 1. The van der Waals surface area contributed by atoms with E-state index < -0.39 is 0 Å². The van der Waals surface area contributed by atoms with Crippen molar-refractivity contribution in [1.29, 1.82) is 15.8 Å². The molecule has 14 heavy (non-hydrogen) atoms. The average molecular weight is 179 g/mol. The summed E-state index contributed by atoms with van der Waals surface area (Å²) in [6, 6.07) is 12.2. The monoisotopic (exact) mass is 179 g/mol. The lowest BCUT2D eigenvalue weighted by molar-refractivity contribution is 1.47. The highest BCUT2D eigenvalue weighted by atomic mass is 14.3. The Morgan fingerprint density at radius 2 is 1.71 bits per heavy atom. The Morgan fingerprint density at radius 3 is 2.14 bits per heavy atom. The summed E-state index contributed by atoms with van der Waals surface area (Å²) in [5, 5.41) is 25.6. The molecule has 0 unspecified atom stereocenters. The van der Waals surface area contributed by atoms with Gasteiger partial charge >= 0.3 is 0 Å². The van der Waals surface area contributed by atoms with Gasteiger partial charge in [0.05, 0.1) is 23.3 Å². The molecular formula is C11H5N3. The molecule has 0 saturated carbocycles. The smallest absolute Gasteiger partial charge is 0.101 e. The number of rotatable bonds is 1. The van der Waals surface area contributed by atoms with Gasteiger partial charge in [0.25, 0.3) is 0 Å². The zero-order valence-electron chi connectivity index (χ0n) is 7.23. The Kier molecular flexibility index (Phi) is 3.03. The van der Waals surface area contributed by atoms with Crippen molar-refractivity contribution >= 4 is 5.57 Å². The van der Waals surface area contributed by atoms with Crippen LogP contribution >= 0.6 is 0 Å². The molecule has 1 aromatic rings. The molecule has 0 aliphatic rings. The van der Waals surface area contributed by atoms with Crippen LogP contribution in [0.15, 0.2) is 30.3 Å². The summed E-state index contributed by atoms with van der Waals surface area (Å²) < 4.78 is 0. The maximum atomic E-state index is 8.70. The highest BCUT2D eigenvalue weighted by molar-refractivity contribution is 5.78. The fourth-order valence-corrected chi connectivity index (χ4v) is 0.969. The summed E-state index contributed by atoms with van der Waals surface area (Å²) in [4.78, 5) is 0. The zero-order chi connectivity index (χ0) is 10.4. The van der Waals surface area contributed by atoms with E-state index >= 15 is 0 Å². The maximum Gasteiger partial charge on any atom is 0.101 e. The van der Waals surface area contributed by atoms with Gasteiger partial charge in [0, 0.05) is 6.08 Å². The lowest BCUT2D eigenvalue weighted by Gasteiger charge is -1.95. The molecule has 0 amide bonds. The van der Waals surface area contributed by atoms with Crippen LogP contribution in [0, 0.1) is 34.0 Å². The Hall–Kier alpha value is -2.57. The van der Waals surface area contributed by atoms with E-state index in [2.05, 4.69) is 0 Å². The number of hydrogen-bond acceptors (Lipinski definition) is 3. The van der Waals surface area contributed by atoms with Crippen LogP contribution in [-0.2, 0) is 0 Å². The van der Waals surface area contributed by atoms with Crippen LogP contribution in [0.1, 0.15) is 11.1 Å². The Morgan fingerprint density at radius 1 is 1.07 bits per heavy atom. The minimum atomic E-state index is 0.303. The van der Waals surface area contributed by atoms with Crippen molar-refractivity contribution in [2.24, 2.45) is 0 Å². The first kappa shape index (κ1) is 9.52. The predicted molar refractivity (Wildman–Crippen MR) is 50.4 cm³/mol. The number of nitrogens with zero attached hydrogens (tertiary/aromatic N) is 3. The third kappa shape index (κ3) is 1.97. The molecule has 0 fully saturated rings. The van der Waals surface area contributed by atoms with Gasteiger partial charge in [0.2, 0.25) is 0 Å². The highest BCUT2D eigenvalue weighted by Crippen LogP contribution is 2.13. The summed E-state index contributed by atoms with van der Waals surface area (Å²) >= 11 is 0. The van der Waals surface area contributed by atoms with Crippen molar-refractivity contribution in [2.45, 2.75) is 0 Å². The Balaban J connectivity index is 3.12. The van der Waals surface area contributed by atoms with Crippen LogP contribution in [0.5, 0.6) is 0 Å². The van der Waals surface area contributed by atoms with Crippen molar-refractivity contribution in [3.8, 4) is 18.2 Å². The normalized spacial score (nSPS) is 9.64. The van der Waals surface area contributed by atoms with Gasteiger partial charge in [-0.3, -0.25) is 0 Å². The van der Waals surface area contributed by atoms with E-state index in [0.29, 0.717) is 16.7 Å². The largest absolute Gasteiger partial charge is 0.193 e. The first-order valence-electron chi connectivity index (χ1n) is 3.82. The van der Waals surface area contributed by atoms with Crippen molar-refractivity contribution in [1.82, 2.24) is 0 Å². The average Bonchev–Trinajstić information content (AvgIpc) is 2.26. The lowest BCUT2D eigenvalue weighted by Crippen LogP contribution is -1.81. The van der Waals surface area contributed by atoms with Crippen LogP contribution in [0.25, 0.3) is 5.57 Å². The van der Waals surface area contributed by atoms with Crippen LogP contribution in [-0.4, -0.2) is 0 Å². The van der Waals surface area contributed by atoms with Gasteiger partial charge in [0.1, 0.15) is 6.07 Å². The predicted octanol–water partition coefficient (Wildman–Crippen LogP) is 1.99. The van der Waals surface area contributed by atoms with Crippen molar-refractivity contribution < 1.29 is 0 Å². The van der Waals surface area contributed by atoms with Gasteiger partial charge in [-0.2, -0.15) is 15.8 Å². The molecular weight excluding hydrogens is 174 g/mol. The fraction of sp³-hybridized carbons (Fsp3) is 0. The topological polar surface area (TPSA) is 71.4 Å². The molecule has 0 aliphatic carbocycles. The second-order valence-corrected chi connectivity index (χ2v) is 2.49. The van der Waals surface area contributed by atoms with Crippen LogP contribution in [0.3, 0.4) is 0 Å². The van der Waals surface area contributed by atoms with Gasteiger partial charge in [-0.05, 0) is 17.7 Å². The van der Waals surface area contributed by atoms with Crippen molar-refractivity contribution in [3.05, 3.63) is 41.5 Å². The van der Waals surface area contributed by atoms with Crippen molar-refractivity contribution in [3.63, 3.8) is 0 Å². The summed E-state index contributed by atoms with van der Waals surface area (Å²) in [6.07, 6.45) is 1.18. The second-order valence-electron chi connectivity index (χ2n) is 2.49. The molecule has 1 rings (SSSR count). The van der Waals surface area contributed by atoms with Crippen molar-refractivity contribution in [2.75, 3.05) is 0 Å². The number of hydrogen-bond donors (Lipinski definition) is 0. The van der Waals surface area contributed by atoms with Gasteiger partial charge < -0.3 is 0 Å². The molecule has 0 saturated heterocycles. The van der Waals surface area contributed by atoms with E-state index in [-0.39, 0.29) is 0 Å². The second kappa shape index (κ2) is 4.45. The molecule has 1 aromatic carbocycles. The molecule has 0 heterocycles. The third-order valence-corrected chi connectivity index (χ3v) is 1.65. The quantitative estimate of drug-likeness (QED) is 0.619. The fourth-order valence-electron chi connectivity index (χ4n) is 0.969. The molecule has 3 nitrogen and oxygen atoms in total. The first-order chi connectivity index (χ1) is 6.81. The van der Waals surface area contributed by atoms with Gasteiger partial charge in [-0.1, -0.05) is 12.1 Å². The van der Waals surface area contributed by atoms with E-state index in [4.69, 9.17) is 15.8 Å². The van der Waals surface area contributed by atoms with Gasteiger partial charge in [-0.15, -0.1) is 0 Å². The van der Waals surface area contributed by atoms with E-state index in [1.54, 1.807) is 30.3 Å². The van der Waals surface area contributed by atoms with E-state index in [1.165, 1.54) is 6.08 Å². The van der Waals surface area contributed by atoms with Gasteiger partial charge in [0.15, 0.2) is 0 Å². The first-order valence-corrected chi connectivity index (χ1v) is 3.82. The zero-order valence-corrected chi connectivity index (χ0v) is 7.23. The molecule has 0 atom stereocenters. The Bertz CT molecular complexity index is 475. The highest BCUT2D eigenvalue weighted by Gasteiger charge is 1.99. The minimum Gasteiger partial charge on any atom is -0.193 e. The lowest BCUT2D eigenvalue weighted by atomic mass is 10.1. The van der Waals surface area contributed by atoms with E-state index in [9.17, 15) is 0 Å². The van der Waals surface area contributed by atoms with Crippen LogP contribution < -0.4 is 0 Å². The summed E-state index contributed by atoms with van der Waals surface area (Å²) in [5.41, 5.74) is 1.48. The van der Waals surface area contributed by atoms with E-state index in [0.717, 1.165) is 0 Å². The summed E-state index contributed by atoms with van der Waals surface area (Å²) in [7, 11) is 0. The number of allylic oxidation sites excluding steroid dienone is 2. The number of nitriles is 3. The molecule has 0 aliphatic heterocycles. The van der Waals surface area contributed by atoms with Gasteiger partial charge in [-0.25, -0.2) is 0 Å². The molecule has 0 N–H and O–H groups in total. The maximum absolute atomic E-state index is 8.70. The minimum absolute atomic E-state index is 0.303. The SMILES string of the molecule is N#C/C=C(\C#N)c1ccc(C#N)cc1. The summed E-state index contributed by atoms with van der Waals surface area (Å²) in [5.74, 6) is 0. The molecule has 0 radical (unpaired) electrons. The molecule has 3 heteroatoms. The van der Waals surface area contributed by atoms with Crippen LogP contribution in [0.2, 0.25) is 0 Å². The molecule has 64 valence electrons.